The second-order valence-electron chi connectivity index (χ2n) is 4.38. The molecule has 0 aromatic carbocycles. The van der Waals surface area contributed by atoms with Crippen molar-refractivity contribution in [1.82, 2.24) is 15.2 Å². The Morgan fingerprint density at radius 2 is 2.29 bits per heavy atom. The van der Waals surface area contributed by atoms with Gasteiger partial charge in [0.25, 0.3) is 0 Å². The van der Waals surface area contributed by atoms with Crippen LogP contribution in [-0.4, -0.2) is 31.6 Å². The predicted octanol–water partition coefficient (Wildman–Crippen LogP) is 1.55. The van der Waals surface area contributed by atoms with Gasteiger partial charge in [-0.1, -0.05) is 11.8 Å². The van der Waals surface area contributed by atoms with E-state index in [1.54, 1.807) is 13.8 Å². The Morgan fingerprint density at radius 3 is 2.86 bits per heavy atom. The molecular weight excluding hydrogens is 198 g/mol. The van der Waals surface area contributed by atoms with Gasteiger partial charge >= 0.3 is 0 Å². The van der Waals surface area contributed by atoms with Gasteiger partial charge in [0, 0.05) is 11.7 Å². The van der Waals surface area contributed by atoms with Gasteiger partial charge in [0.15, 0.2) is 0 Å². The Labute approximate surface area is 87.5 Å². The summed E-state index contributed by atoms with van der Waals surface area (Å²) in [6, 6.07) is 0. The molecule has 0 aliphatic heterocycles. The molecule has 4 nitrogen and oxygen atoms in total. The molecule has 0 unspecified atom stereocenters. The molecule has 0 radical (unpaired) electrons. The van der Waals surface area contributed by atoms with Crippen LogP contribution in [0.1, 0.15) is 38.4 Å². The molecule has 0 spiro atoms. The maximum atomic E-state index is 9.52. The highest BCUT2D eigenvalue weighted by Gasteiger charge is 2.27. The molecule has 1 saturated carbocycles. The van der Waals surface area contributed by atoms with Crippen LogP contribution in [0.5, 0.6) is 0 Å². The first kappa shape index (κ1) is 9.98. The minimum Gasteiger partial charge on any atom is -0.390 e. The average molecular weight is 213 g/mol. The number of aliphatic hydroxyl groups is 1. The first-order chi connectivity index (χ1) is 6.54. The second kappa shape index (κ2) is 3.55. The van der Waals surface area contributed by atoms with Crippen LogP contribution in [0.15, 0.2) is 5.16 Å². The fourth-order valence-electron chi connectivity index (χ4n) is 1.10. The lowest BCUT2D eigenvalue weighted by molar-refractivity contribution is 0.107. The van der Waals surface area contributed by atoms with E-state index >= 15 is 0 Å². The number of thioether (sulfide) groups is 1. The quantitative estimate of drug-likeness (QED) is 0.745. The minimum absolute atomic E-state index is 0.610. The molecule has 0 bridgehead atoms. The standard InChI is InChI=1S/C9H15N3OS/c1-9(2,13)5-14-8-10-7(11-12-8)6-3-4-6/h6,13H,3-5H2,1-2H3,(H,10,11,12). The SMILES string of the molecule is CC(C)(O)CSc1n[nH]c(C2CC2)n1. The lowest BCUT2D eigenvalue weighted by Gasteiger charge is -2.14. The van der Waals surface area contributed by atoms with E-state index in [9.17, 15) is 5.11 Å². The Hall–Kier alpha value is -0.550. The Kier molecular flexibility index (Phi) is 2.53. The maximum Gasteiger partial charge on any atom is 0.208 e. The summed E-state index contributed by atoms with van der Waals surface area (Å²) in [4.78, 5) is 4.36. The van der Waals surface area contributed by atoms with E-state index in [-0.39, 0.29) is 0 Å². The van der Waals surface area contributed by atoms with Gasteiger partial charge in [-0.2, -0.15) is 0 Å². The molecule has 1 aliphatic rings. The van der Waals surface area contributed by atoms with Crippen LogP contribution in [0.25, 0.3) is 0 Å². The molecule has 78 valence electrons. The zero-order valence-electron chi connectivity index (χ0n) is 8.45. The molecule has 1 aromatic heterocycles. The maximum absolute atomic E-state index is 9.52. The smallest absolute Gasteiger partial charge is 0.208 e. The van der Waals surface area contributed by atoms with E-state index in [0.29, 0.717) is 11.7 Å². The summed E-state index contributed by atoms with van der Waals surface area (Å²) in [7, 11) is 0. The summed E-state index contributed by atoms with van der Waals surface area (Å²) in [5.74, 6) is 2.23. The summed E-state index contributed by atoms with van der Waals surface area (Å²) in [6.45, 7) is 3.57. The number of hydrogen-bond acceptors (Lipinski definition) is 4. The molecule has 1 fully saturated rings. The Morgan fingerprint density at radius 1 is 1.57 bits per heavy atom. The van der Waals surface area contributed by atoms with Crippen LogP contribution in [0, 0.1) is 0 Å². The van der Waals surface area contributed by atoms with Gasteiger partial charge in [-0.15, -0.1) is 5.10 Å². The third kappa shape index (κ3) is 2.72. The Bertz CT molecular complexity index is 314. The zero-order chi connectivity index (χ0) is 10.2. The van der Waals surface area contributed by atoms with E-state index < -0.39 is 5.60 Å². The van der Waals surface area contributed by atoms with Crippen molar-refractivity contribution in [3.63, 3.8) is 0 Å². The zero-order valence-corrected chi connectivity index (χ0v) is 9.27. The number of nitrogens with one attached hydrogen (secondary N) is 1. The van der Waals surface area contributed by atoms with Crippen molar-refractivity contribution in [3.8, 4) is 0 Å². The summed E-state index contributed by atoms with van der Waals surface area (Å²) in [6.07, 6.45) is 2.45. The number of rotatable bonds is 4. The highest BCUT2D eigenvalue weighted by molar-refractivity contribution is 7.99. The van der Waals surface area contributed by atoms with Crippen LogP contribution < -0.4 is 0 Å². The van der Waals surface area contributed by atoms with Crippen molar-refractivity contribution >= 4 is 11.8 Å². The van der Waals surface area contributed by atoms with Crippen molar-refractivity contribution < 1.29 is 5.11 Å². The van der Waals surface area contributed by atoms with E-state index in [1.807, 2.05) is 0 Å². The fourth-order valence-corrected chi connectivity index (χ4v) is 1.86. The van der Waals surface area contributed by atoms with Crippen molar-refractivity contribution in [2.45, 2.75) is 43.4 Å². The fraction of sp³-hybridized carbons (Fsp3) is 0.778. The van der Waals surface area contributed by atoms with Gasteiger partial charge in [0.05, 0.1) is 5.60 Å². The van der Waals surface area contributed by atoms with E-state index in [0.717, 1.165) is 11.0 Å². The predicted molar refractivity (Wildman–Crippen MR) is 55.4 cm³/mol. The van der Waals surface area contributed by atoms with Gasteiger partial charge in [-0.3, -0.25) is 5.10 Å². The normalized spacial score (nSPS) is 17.4. The molecule has 1 aliphatic carbocycles. The summed E-state index contributed by atoms with van der Waals surface area (Å²) in [5, 5.41) is 17.3. The molecule has 5 heteroatoms. The monoisotopic (exact) mass is 213 g/mol. The van der Waals surface area contributed by atoms with Crippen LogP contribution >= 0.6 is 11.8 Å². The largest absolute Gasteiger partial charge is 0.390 e. The van der Waals surface area contributed by atoms with Crippen LogP contribution in [0.3, 0.4) is 0 Å². The van der Waals surface area contributed by atoms with E-state index in [1.165, 1.54) is 24.6 Å². The molecule has 2 N–H and O–H groups in total. The van der Waals surface area contributed by atoms with E-state index in [4.69, 9.17) is 0 Å². The van der Waals surface area contributed by atoms with Crippen molar-refractivity contribution in [3.05, 3.63) is 5.82 Å². The van der Waals surface area contributed by atoms with Gasteiger partial charge in [-0.05, 0) is 26.7 Å². The van der Waals surface area contributed by atoms with Crippen molar-refractivity contribution in [1.29, 1.82) is 0 Å². The molecule has 14 heavy (non-hydrogen) atoms. The summed E-state index contributed by atoms with van der Waals surface area (Å²) < 4.78 is 0. The molecular formula is C9H15N3OS. The first-order valence-corrected chi connectivity index (χ1v) is 5.81. The topological polar surface area (TPSA) is 61.8 Å². The Balaban J connectivity index is 1.90. The number of aromatic amines is 1. The molecule has 0 saturated heterocycles. The average Bonchev–Trinajstić information content (AvgIpc) is 2.81. The van der Waals surface area contributed by atoms with E-state index in [2.05, 4.69) is 15.2 Å². The lowest BCUT2D eigenvalue weighted by atomic mass is 10.2. The van der Waals surface area contributed by atoms with Crippen molar-refractivity contribution in [2.24, 2.45) is 0 Å². The number of aromatic nitrogens is 3. The van der Waals surface area contributed by atoms with Gasteiger partial charge in [0.2, 0.25) is 5.16 Å². The van der Waals surface area contributed by atoms with Gasteiger partial charge in [0.1, 0.15) is 5.82 Å². The van der Waals surface area contributed by atoms with Gasteiger partial charge in [-0.25, -0.2) is 4.98 Å². The third-order valence-corrected chi connectivity index (χ3v) is 3.29. The highest BCUT2D eigenvalue weighted by atomic mass is 32.2. The van der Waals surface area contributed by atoms with Crippen LogP contribution in [0.4, 0.5) is 0 Å². The second-order valence-corrected chi connectivity index (χ2v) is 5.32. The number of H-pyrrole nitrogens is 1. The highest BCUT2D eigenvalue weighted by Crippen LogP contribution is 2.38. The molecule has 0 amide bonds. The number of nitrogens with zero attached hydrogens (tertiary/aromatic N) is 2. The molecule has 1 aromatic rings. The molecule has 0 atom stereocenters. The van der Waals surface area contributed by atoms with Gasteiger partial charge < -0.3 is 5.11 Å². The molecule has 1 heterocycles. The lowest BCUT2D eigenvalue weighted by Crippen LogP contribution is -2.21. The first-order valence-electron chi connectivity index (χ1n) is 4.82. The third-order valence-electron chi connectivity index (χ3n) is 2.00. The van der Waals surface area contributed by atoms with Crippen LogP contribution in [-0.2, 0) is 0 Å². The summed E-state index contributed by atoms with van der Waals surface area (Å²) in [5.41, 5.74) is -0.662. The minimum atomic E-state index is -0.662. The van der Waals surface area contributed by atoms with Crippen molar-refractivity contribution in [2.75, 3.05) is 5.75 Å². The molecule has 2 rings (SSSR count). The van der Waals surface area contributed by atoms with Crippen LogP contribution in [0.2, 0.25) is 0 Å². The number of hydrogen-bond donors (Lipinski definition) is 2. The summed E-state index contributed by atoms with van der Waals surface area (Å²) >= 11 is 1.49.